The van der Waals surface area contributed by atoms with Crippen molar-refractivity contribution in [3.8, 4) is 0 Å². The molecular formula is C12H16N2OS. The Morgan fingerprint density at radius 1 is 1.38 bits per heavy atom. The number of rotatable bonds is 2. The van der Waals surface area contributed by atoms with Gasteiger partial charge in [0.15, 0.2) is 5.11 Å². The van der Waals surface area contributed by atoms with E-state index in [4.69, 9.17) is 17.0 Å². The summed E-state index contributed by atoms with van der Waals surface area (Å²) >= 11 is 5.20. The van der Waals surface area contributed by atoms with Gasteiger partial charge in [-0.25, -0.2) is 0 Å². The van der Waals surface area contributed by atoms with Crippen molar-refractivity contribution in [2.45, 2.75) is 25.1 Å². The highest BCUT2D eigenvalue weighted by Gasteiger charge is 2.34. The van der Waals surface area contributed by atoms with Gasteiger partial charge in [-0.1, -0.05) is 30.3 Å². The average Bonchev–Trinajstić information content (AvgIpc) is 2.29. The Kier molecular flexibility index (Phi) is 3.12. The molecule has 1 aromatic carbocycles. The Hall–Kier alpha value is -1.13. The summed E-state index contributed by atoms with van der Waals surface area (Å²) in [6.07, 6.45) is 0.841. The zero-order chi connectivity index (χ0) is 11.6. The summed E-state index contributed by atoms with van der Waals surface area (Å²) in [5, 5.41) is 7.05. The normalized spacial score (nSPS) is 29.4. The zero-order valence-electron chi connectivity index (χ0n) is 9.49. The van der Waals surface area contributed by atoms with Crippen molar-refractivity contribution in [1.82, 2.24) is 10.6 Å². The van der Waals surface area contributed by atoms with Crippen molar-refractivity contribution in [3.63, 3.8) is 0 Å². The summed E-state index contributed by atoms with van der Waals surface area (Å²) < 4.78 is 5.46. The lowest BCUT2D eigenvalue weighted by molar-refractivity contribution is -0.0285. The lowest BCUT2D eigenvalue weighted by Crippen LogP contribution is -2.58. The third-order valence-electron chi connectivity index (χ3n) is 2.93. The molecular weight excluding hydrogens is 220 g/mol. The molecule has 4 heteroatoms. The summed E-state index contributed by atoms with van der Waals surface area (Å²) in [5.74, 6) is 0. The highest BCUT2D eigenvalue weighted by atomic mass is 32.1. The Bertz CT molecular complexity index is 382. The van der Waals surface area contributed by atoms with Gasteiger partial charge in [-0.05, 0) is 24.7 Å². The molecule has 2 N–H and O–H groups in total. The van der Waals surface area contributed by atoms with Crippen LogP contribution in [0.3, 0.4) is 0 Å². The minimum Gasteiger partial charge on any atom is -0.359 e. The second-order valence-corrected chi connectivity index (χ2v) is 4.61. The number of thiocarbonyl (C=S) groups is 1. The molecule has 1 aliphatic heterocycles. The predicted molar refractivity (Wildman–Crippen MR) is 68.1 cm³/mol. The minimum atomic E-state index is -0.386. The molecule has 3 nitrogen and oxygen atoms in total. The van der Waals surface area contributed by atoms with Crippen LogP contribution >= 0.6 is 12.2 Å². The van der Waals surface area contributed by atoms with Crippen molar-refractivity contribution in [3.05, 3.63) is 35.9 Å². The maximum absolute atomic E-state index is 5.46. The fourth-order valence-electron chi connectivity index (χ4n) is 1.95. The first-order chi connectivity index (χ1) is 7.63. The van der Waals surface area contributed by atoms with Gasteiger partial charge >= 0.3 is 0 Å². The molecule has 1 aliphatic rings. The van der Waals surface area contributed by atoms with Crippen molar-refractivity contribution < 1.29 is 4.74 Å². The summed E-state index contributed by atoms with van der Waals surface area (Å²) in [6.45, 7) is 2.01. The van der Waals surface area contributed by atoms with E-state index in [1.165, 1.54) is 5.56 Å². The molecule has 1 aromatic rings. The number of benzene rings is 1. The number of ether oxygens (including phenoxy) is 1. The van der Waals surface area contributed by atoms with Crippen LogP contribution in [0.2, 0.25) is 0 Å². The number of methoxy groups -OCH3 is 1. The first kappa shape index (κ1) is 11.4. The first-order valence-corrected chi connectivity index (χ1v) is 5.72. The van der Waals surface area contributed by atoms with E-state index in [9.17, 15) is 0 Å². The fourth-order valence-corrected chi connectivity index (χ4v) is 2.31. The average molecular weight is 236 g/mol. The zero-order valence-corrected chi connectivity index (χ0v) is 10.3. The molecule has 0 spiro atoms. The van der Waals surface area contributed by atoms with E-state index in [2.05, 4.69) is 22.8 Å². The van der Waals surface area contributed by atoms with Crippen LogP contribution in [0.15, 0.2) is 30.3 Å². The second-order valence-electron chi connectivity index (χ2n) is 4.20. The summed E-state index contributed by atoms with van der Waals surface area (Å²) in [4.78, 5) is 0. The molecule has 1 saturated heterocycles. The molecule has 86 valence electrons. The maximum Gasteiger partial charge on any atom is 0.168 e. The van der Waals surface area contributed by atoms with Crippen LogP contribution in [0.1, 0.15) is 24.9 Å². The molecule has 2 atom stereocenters. The monoisotopic (exact) mass is 236 g/mol. The lowest BCUT2D eigenvalue weighted by Gasteiger charge is -2.40. The molecule has 0 radical (unpaired) electrons. The number of nitrogens with one attached hydrogen (secondary N) is 2. The van der Waals surface area contributed by atoms with Gasteiger partial charge in [0.05, 0.1) is 6.04 Å². The lowest BCUT2D eigenvalue weighted by atomic mass is 9.96. The van der Waals surface area contributed by atoms with E-state index in [1.807, 2.05) is 25.1 Å². The molecule has 0 bridgehead atoms. The molecule has 0 saturated carbocycles. The van der Waals surface area contributed by atoms with Crippen molar-refractivity contribution >= 4 is 17.3 Å². The topological polar surface area (TPSA) is 33.3 Å². The number of hydrogen-bond acceptors (Lipinski definition) is 2. The van der Waals surface area contributed by atoms with E-state index >= 15 is 0 Å². The van der Waals surface area contributed by atoms with Crippen LogP contribution in [-0.2, 0) is 4.74 Å². The molecule has 16 heavy (non-hydrogen) atoms. The third-order valence-corrected chi connectivity index (χ3v) is 3.15. The Balaban J connectivity index is 2.20. The van der Waals surface area contributed by atoms with E-state index in [1.54, 1.807) is 7.11 Å². The molecule has 0 amide bonds. The van der Waals surface area contributed by atoms with Crippen LogP contribution in [-0.4, -0.2) is 17.9 Å². The first-order valence-electron chi connectivity index (χ1n) is 5.32. The van der Waals surface area contributed by atoms with E-state index in [0.29, 0.717) is 5.11 Å². The van der Waals surface area contributed by atoms with Gasteiger partial charge in [-0.2, -0.15) is 0 Å². The van der Waals surface area contributed by atoms with Crippen LogP contribution in [0.25, 0.3) is 0 Å². The highest BCUT2D eigenvalue weighted by Crippen LogP contribution is 2.27. The SMILES string of the molecule is COC1(C)CC(c2ccccc2)NC(=S)N1. The van der Waals surface area contributed by atoms with Gasteiger partial charge in [0.25, 0.3) is 0 Å². The Morgan fingerprint density at radius 2 is 2.06 bits per heavy atom. The van der Waals surface area contributed by atoms with Gasteiger partial charge in [-0.15, -0.1) is 0 Å². The van der Waals surface area contributed by atoms with Gasteiger partial charge in [0.2, 0.25) is 0 Å². The van der Waals surface area contributed by atoms with Gasteiger partial charge < -0.3 is 15.4 Å². The van der Waals surface area contributed by atoms with Crippen LogP contribution in [0.5, 0.6) is 0 Å². The predicted octanol–water partition coefficient (Wildman–Crippen LogP) is 1.96. The largest absolute Gasteiger partial charge is 0.359 e. The van der Waals surface area contributed by atoms with Crippen molar-refractivity contribution in [2.75, 3.05) is 7.11 Å². The van der Waals surface area contributed by atoms with E-state index in [-0.39, 0.29) is 11.8 Å². The van der Waals surface area contributed by atoms with Crippen molar-refractivity contribution in [2.24, 2.45) is 0 Å². The molecule has 0 aromatic heterocycles. The number of hydrogen-bond donors (Lipinski definition) is 2. The van der Waals surface area contributed by atoms with Crippen LogP contribution < -0.4 is 10.6 Å². The fraction of sp³-hybridized carbons (Fsp3) is 0.417. The Morgan fingerprint density at radius 3 is 2.69 bits per heavy atom. The molecule has 2 rings (SSSR count). The van der Waals surface area contributed by atoms with Gasteiger partial charge in [0.1, 0.15) is 5.72 Å². The minimum absolute atomic E-state index is 0.208. The smallest absolute Gasteiger partial charge is 0.168 e. The molecule has 1 heterocycles. The van der Waals surface area contributed by atoms with E-state index < -0.39 is 0 Å². The maximum atomic E-state index is 5.46. The van der Waals surface area contributed by atoms with Crippen LogP contribution in [0, 0.1) is 0 Å². The van der Waals surface area contributed by atoms with Gasteiger partial charge in [0, 0.05) is 13.5 Å². The highest BCUT2D eigenvalue weighted by molar-refractivity contribution is 7.80. The van der Waals surface area contributed by atoms with Crippen LogP contribution in [0.4, 0.5) is 0 Å². The van der Waals surface area contributed by atoms with Gasteiger partial charge in [-0.3, -0.25) is 0 Å². The quantitative estimate of drug-likeness (QED) is 0.769. The van der Waals surface area contributed by atoms with Crippen molar-refractivity contribution in [1.29, 1.82) is 0 Å². The Labute approximate surface area is 101 Å². The van der Waals surface area contributed by atoms with E-state index in [0.717, 1.165) is 6.42 Å². The third kappa shape index (κ3) is 2.33. The molecule has 1 fully saturated rings. The summed E-state index contributed by atoms with van der Waals surface area (Å²) in [7, 11) is 1.70. The molecule has 2 unspecified atom stereocenters. The summed E-state index contributed by atoms with van der Waals surface area (Å²) in [5.41, 5.74) is 0.845. The summed E-state index contributed by atoms with van der Waals surface area (Å²) in [6, 6.07) is 10.5. The standard InChI is InChI=1S/C12H16N2OS/c1-12(15-2)8-10(13-11(16)14-12)9-6-4-3-5-7-9/h3-7,10H,8H2,1-2H3,(H2,13,14,16). The second kappa shape index (κ2) is 4.39. The molecule has 0 aliphatic carbocycles.